The molecule has 1 aromatic heterocycles. The minimum absolute atomic E-state index is 0.132. The first-order chi connectivity index (χ1) is 8.75. The molecule has 0 aliphatic rings. The van der Waals surface area contributed by atoms with Crippen LogP contribution in [-0.4, -0.2) is 16.1 Å². The van der Waals surface area contributed by atoms with E-state index in [1.54, 1.807) is 19.2 Å². The van der Waals surface area contributed by atoms with Crippen LogP contribution in [0.1, 0.15) is 17.5 Å². The number of halogens is 1. The second-order valence-electron chi connectivity index (χ2n) is 4.41. The third-order valence-electron chi connectivity index (χ3n) is 2.89. The fourth-order valence-corrected chi connectivity index (χ4v) is 1.78. The van der Waals surface area contributed by atoms with Crippen molar-refractivity contribution in [2.45, 2.75) is 26.4 Å². The molecule has 2 rings (SSSR count). The molecule has 0 spiro atoms. The van der Waals surface area contributed by atoms with Crippen LogP contribution in [0.3, 0.4) is 0 Å². The number of benzene rings is 1. The van der Waals surface area contributed by atoms with Gasteiger partial charge in [0, 0.05) is 25.5 Å². The van der Waals surface area contributed by atoms with Gasteiger partial charge < -0.3 is 9.88 Å². The fourth-order valence-electron chi connectivity index (χ4n) is 1.78. The summed E-state index contributed by atoms with van der Waals surface area (Å²) >= 11 is 0. The van der Waals surface area contributed by atoms with Crippen molar-refractivity contribution < 1.29 is 4.39 Å². The van der Waals surface area contributed by atoms with E-state index in [1.807, 2.05) is 29.2 Å². The van der Waals surface area contributed by atoms with E-state index in [9.17, 15) is 4.39 Å². The van der Waals surface area contributed by atoms with Gasteiger partial charge in [0.25, 0.3) is 0 Å². The molecule has 2 aromatic rings. The molecule has 0 unspecified atom stereocenters. The van der Waals surface area contributed by atoms with E-state index < -0.39 is 0 Å². The molecule has 3 nitrogen and oxygen atoms in total. The molecule has 0 radical (unpaired) electrons. The third kappa shape index (κ3) is 3.67. The van der Waals surface area contributed by atoms with Crippen LogP contribution in [0, 0.1) is 12.7 Å². The second-order valence-corrected chi connectivity index (χ2v) is 4.41. The lowest BCUT2D eigenvalue weighted by molar-refractivity contribution is 0.576. The van der Waals surface area contributed by atoms with Crippen LogP contribution in [-0.2, 0) is 13.1 Å². The van der Waals surface area contributed by atoms with Crippen LogP contribution >= 0.6 is 0 Å². The monoisotopic (exact) mass is 247 g/mol. The minimum Gasteiger partial charge on any atom is -0.337 e. The zero-order valence-electron chi connectivity index (χ0n) is 10.6. The highest BCUT2D eigenvalue weighted by atomic mass is 19.1. The molecule has 4 heteroatoms. The molecule has 1 heterocycles. The number of aromatic nitrogens is 2. The van der Waals surface area contributed by atoms with Crippen LogP contribution in [0.2, 0.25) is 0 Å². The highest BCUT2D eigenvalue weighted by molar-refractivity contribution is 5.23. The zero-order chi connectivity index (χ0) is 12.8. The van der Waals surface area contributed by atoms with Crippen LogP contribution in [0.5, 0.6) is 0 Å². The highest BCUT2D eigenvalue weighted by Crippen LogP contribution is 2.08. The van der Waals surface area contributed by atoms with E-state index in [4.69, 9.17) is 0 Å². The lowest BCUT2D eigenvalue weighted by Gasteiger charge is -2.06. The molecular weight excluding hydrogens is 229 g/mol. The summed E-state index contributed by atoms with van der Waals surface area (Å²) in [5.41, 5.74) is 1.68. The fraction of sp³-hybridized carbons (Fsp3) is 0.357. The summed E-state index contributed by atoms with van der Waals surface area (Å²) in [5, 5.41) is 3.31. The average molecular weight is 247 g/mol. The first kappa shape index (κ1) is 12.8. The van der Waals surface area contributed by atoms with Crippen molar-refractivity contribution in [3.63, 3.8) is 0 Å². The lowest BCUT2D eigenvalue weighted by Crippen LogP contribution is -2.16. The molecule has 0 amide bonds. The Bertz CT molecular complexity index is 480. The Morgan fingerprint density at radius 1 is 1.39 bits per heavy atom. The third-order valence-corrected chi connectivity index (χ3v) is 2.89. The summed E-state index contributed by atoms with van der Waals surface area (Å²) in [5.74, 6) is -0.132. The number of hydrogen-bond donors (Lipinski definition) is 1. The van der Waals surface area contributed by atoms with Crippen LogP contribution in [0.4, 0.5) is 4.39 Å². The van der Waals surface area contributed by atoms with Crippen molar-refractivity contribution in [1.82, 2.24) is 14.9 Å². The van der Waals surface area contributed by atoms with E-state index in [0.717, 1.165) is 25.1 Å². The maximum absolute atomic E-state index is 13.3. The van der Waals surface area contributed by atoms with Gasteiger partial charge in [-0.3, -0.25) is 0 Å². The molecule has 1 N–H and O–H groups in total. The van der Waals surface area contributed by atoms with E-state index in [-0.39, 0.29) is 5.82 Å². The van der Waals surface area contributed by atoms with Gasteiger partial charge in [0.15, 0.2) is 0 Å². The number of rotatable bonds is 6. The standard InChI is InChI=1S/C14H18FN3/c1-12-3-4-13(9-14(12)15)10-16-5-2-7-18-8-6-17-11-18/h3-4,6,8-9,11,16H,2,5,7,10H2,1H3. The first-order valence-electron chi connectivity index (χ1n) is 6.17. The van der Waals surface area contributed by atoms with E-state index >= 15 is 0 Å². The van der Waals surface area contributed by atoms with Crippen LogP contribution in [0.25, 0.3) is 0 Å². The molecule has 18 heavy (non-hydrogen) atoms. The van der Waals surface area contributed by atoms with Crippen molar-refractivity contribution in [1.29, 1.82) is 0 Å². The first-order valence-corrected chi connectivity index (χ1v) is 6.17. The highest BCUT2D eigenvalue weighted by Gasteiger charge is 1.99. The SMILES string of the molecule is Cc1ccc(CNCCCn2ccnc2)cc1F. The maximum Gasteiger partial charge on any atom is 0.126 e. The van der Waals surface area contributed by atoms with E-state index in [2.05, 4.69) is 10.3 Å². The van der Waals surface area contributed by atoms with Crippen molar-refractivity contribution in [3.05, 3.63) is 53.9 Å². The van der Waals surface area contributed by atoms with Gasteiger partial charge in [-0.2, -0.15) is 0 Å². The van der Waals surface area contributed by atoms with Gasteiger partial charge in [-0.1, -0.05) is 12.1 Å². The molecule has 1 aromatic carbocycles. The van der Waals surface area contributed by atoms with E-state index in [0.29, 0.717) is 12.1 Å². The Morgan fingerprint density at radius 2 is 2.28 bits per heavy atom. The van der Waals surface area contributed by atoms with Gasteiger partial charge in [-0.05, 0) is 37.1 Å². The van der Waals surface area contributed by atoms with Crippen molar-refractivity contribution in [2.75, 3.05) is 6.54 Å². The average Bonchev–Trinajstić information content (AvgIpc) is 2.86. The topological polar surface area (TPSA) is 29.9 Å². The second kappa shape index (κ2) is 6.31. The summed E-state index contributed by atoms with van der Waals surface area (Å²) in [6.45, 7) is 4.35. The molecular formula is C14H18FN3. The number of nitrogens with zero attached hydrogens (tertiary/aromatic N) is 2. The van der Waals surface area contributed by atoms with E-state index in [1.165, 1.54) is 0 Å². The molecule has 0 aliphatic heterocycles. The summed E-state index contributed by atoms with van der Waals surface area (Å²) in [4.78, 5) is 3.99. The van der Waals surface area contributed by atoms with Crippen molar-refractivity contribution in [2.24, 2.45) is 0 Å². The predicted octanol–water partition coefficient (Wildman–Crippen LogP) is 2.51. The Hall–Kier alpha value is -1.68. The molecule has 0 saturated heterocycles. The van der Waals surface area contributed by atoms with Gasteiger partial charge >= 0.3 is 0 Å². The van der Waals surface area contributed by atoms with Crippen molar-refractivity contribution in [3.8, 4) is 0 Å². The number of imidazole rings is 1. The molecule has 96 valence electrons. The number of aryl methyl sites for hydroxylation is 2. The van der Waals surface area contributed by atoms with Gasteiger partial charge in [0.05, 0.1) is 6.33 Å². The Labute approximate surface area is 107 Å². The van der Waals surface area contributed by atoms with Gasteiger partial charge in [0.1, 0.15) is 5.82 Å². The van der Waals surface area contributed by atoms with Crippen molar-refractivity contribution >= 4 is 0 Å². The number of nitrogens with one attached hydrogen (secondary N) is 1. The summed E-state index contributed by atoms with van der Waals surface area (Å²) in [6, 6.07) is 5.37. The Balaban J connectivity index is 1.67. The Morgan fingerprint density at radius 3 is 3.00 bits per heavy atom. The Kier molecular flexibility index (Phi) is 4.47. The molecule has 0 fully saturated rings. The summed E-state index contributed by atoms with van der Waals surface area (Å²) < 4.78 is 15.4. The van der Waals surface area contributed by atoms with Crippen LogP contribution in [0.15, 0.2) is 36.9 Å². The molecule has 0 bridgehead atoms. The summed E-state index contributed by atoms with van der Waals surface area (Å²) in [6.07, 6.45) is 6.58. The maximum atomic E-state index is 13.3. The number of hydrogen-bond acceptors (Lipinski definition) is 2. The minimum atomic E-state index is -0.132. The molecule has 0 atom stereocenters. The quantitative estimate of drug-likeness (QED) is 0.795. The van der Waals surface area contributed by atoms with Gasteiger partial charge in [-0.15, -0.1) is 0 Å². The lowest BCUT2D eigenvalue weighted by atomic mass is 10.1. The van der Waals surface area contributed by atoms with Gasteiger partial charge in [0.2, 0.25) is 0 Å². The zero-order valence-corrected chi connectivity index (χ0v) is 10.6. The molecule has 0 saturated carbocycles. The summed E-state index contributed by atoms with van der Waals surface area (Å²) in [7, 11) is 0. The molecule has 0 aliphatic carbocycles. The largest absolute Gasteiger partial charge is 0.337 e. The predicted molar refractivity (Wildman–Crippen MR) is 69.7 cm³/mol. The van der Waals surface area contributed by atoms with Gasteiger partial charge in [-0.25, -0.2) is 9.37 Å². The smallest absolute Gasteiger partial charge is 0.126 e. The van der Waals surface area contributed by atoms with Crippen LogP contribution < -0.4 is 5.32 Å². The normalized spacial score (nSPS) is 10.8.